The second-order valence-electron chi connectivity index (χ2n) is 6.49. The Morgan fingerprint density at radius 3 is 2.14 bits per heavy atom. The molecule has 0 aliphatic heterocycles. The highest BCUT2D eigenvalue weighted by Crippen LogP contribution is 2.22. The second-order valence-corrected chi connectivity index (χ2v) is 6.92. The van der Waals surface area contributed by atoms with Crippen LogP contribution >= 0.6 is 11.6 Å². The number of hydrogen-bond acceptors (Lipinski definition) is 2. The van der Waals surface area contributed by atoms with E-state index >= 15 is 0 Å². The zero-order chi connectivity index (χ0) is 16.2. The van der Waals surface area contributed by atoms with Gasteiger partial charge in [-0.1, -0.05) is 68.8 Å². The van der Waals surface area contributed by atoms with Gasteiger partial charge in [-0.25, -0.2) is 0 Å². The Bertz CT molecular complexity index is 635. The van der Waals surface area contributed by atoms with Gasteiger partial charge in [-0.05, 0) is 41.2 Å². The number of hydrazone groups is 1. The molecule has 22 heavy (non-hydrogen) atoms. The minimum absolute atomic E-state index is 0.177. The van der Waals surface area contributed by atoms with Crippen molar-refractivity contribution in [2.45, 2.75) is 39.7 Å². The molecule has 0 atom stereocenters. The molecule has 0 radical (unpaired) electrons. The van der Waals surface area contributed by atoms with E-state index in [1.807, 2.05) is 31.2 Å². The van der Waals surface area contributed by atoms with Crippen LogP contribution in [0.4, 0.5) is 0 Å². The largest absolute Gasteiger partial charge is 0.305 e. The van der Waals surface area contributed by atoms with E-state index in [9.17, 15) is 0 Å². The Labute approximate surface area is 138 Å². The fourth-order valence-corrected chi connectivity index (χ4v) is 2.25. The highest BCUT2D eigenvalue weighted by molar-refractivity contribution is 6.30. The molecule has 0 amide bonds. The van der Waals surface area contributed by atoms with E-state index in [1.54, 1.807) is 0 Å². The van der Waals surface area contributed by atoms with Gasteiger partial charge in [-0.15, -0.1) is 0 Å². The van der Waals surface area contributed by atoms with Crippen LogP contribution in [-0.4, -0.2) is 5.71 Å². The Kier molecular flexibility index (Phi) is 5.25. The van der Waals surface area contributed by atoms with Crippen molar-refractivity contribution in [2.24, 2.45) is 5.10 Å². The van der Waals surface area contributed by atoms with E-state index in [1.165, 1.54) is 5.56 Å². The fraction of sp³-hybridized carbons (Fsp3) is 0.316. The summed E-state index contributed by atoms with van der Waals surface area (Å²) in [6.45, 7) is 9.36. The van der Waals surface area contributed by atoms with Crippen LogP contribution in [0.2, 0.25) is 5.02 Å². The molecule has 1 N–H and O–H groups in total. The molecule has 2 aromatic rings. The van der Waals surface area contributed by atoms with Crippen molar-refractivity contribution in [3.8, 4) is 0 Å². The summed E-state index contributed by atoms with van der Waals surface area (Å²) in [7, 11) is 0. The number of halogens is 1. The topological polar surface area (TPSA) is 24.4 Å². The molecule has 2 rings (SSSR count). The zero-order valence-corrected chi connectivity index (χ0v) is 14.4. The van der Waals surface area contributed by atoms with Crippen LogP contribution in [0, 0.1) is 0 Å². The van der Waals surface area contributed by atoms with E-state index in [0.717, 1.165) is 21.9 Å². The van der Waals surface area contributed by atoms with Crippen LogP contribution in [0.5, 0.6) is 0 Å². The van der Waals surface area contributed by atoms with E-state index in [4.69, 9.17) is 11.6 Å². The number of hydrogen-bond donors (Lipinski definition) is 1. The standard InChI is InChI=1S/C19H23ClN2/c1-14(16-7-9-17(10-8-16)19(2,3)4)22-21-13-15-5-11-18(20)12-6-15/h5-12,21H,13H2,1-4H3/b22-14-. The predicted molar refractivity (Wildman–Crippen MR) is 95.6 cm³/mol. The maximum Gasteiger partial charge on any atom is 0.0644 e. The van der Waals surface area contributed by atoms with Gasteiger partial charge in [0, 0.05) is 5.02 Å². The molecule has 0 bridgehead atoms. The van der Waals surface area contributed by atoms with Gasteiger partial charge in [0.15, 0.2) is 0 Å². The van der Waals surface area contributed by atoms with Crippen LogP contribution < -0.4 is 5.43 Å². The molecule has 2 nitrogen and oxygen atoms in total. The zero-order valence-electron chi connectivity index (χ0n) is 13.7. The van der Waals surface area contributed by atoms with E-state index < -0.39 is 0 Å². The van der Waals surface area contributed by atoms with Crippen molar-refractivity contribution >= 4 is 17.3 Å². The number of benzene rings is 2. The molecule has 0 unspecified atom stereocenters. The third kappa shape index (κ3) is 4.60. The summed E-state index contributed by atoms with van der Waals surface area (Å²) in [4.78, 5) is 0. The van der Waals surface area contributed by atoms with E-state index in [-0.39, 0.29) is 5.41 Å². The number of nitrogens with one attached hydrogen (secondary N) is 1. The van der Waals surface area contributed by atoms with E-state index in [2.05, 4.69) is 55.6 Å². The summed E-state index contributed by atoms with van der Waals surface area (Å²) in [5, 5.41) is 5.19. The van der Waals surface area contributed by atoms with Crippen molar-refractivity contribution in [1.82, 2.24) is 5.43 Å². The molecule has 2 aromatic carbocycles. The van der Waals surface area contributed by atoms with Crippen molar-refractivity contribution in [3.63, 3.8) is 0 Å². The summed E-state index contributed by atoms with van der Waals surface area (Å²) in [6, 6.07) is 16.4. The average molecular weight is 315 g/mol. The molecule has 0 heterocycles. The average Bonchev–Trinajstić information content (AvgIpc) is 2.48. The van der Waals surface area contributed by atoms with Gasteiger partial charge >= 0.3 is 0 Å². The number of rotatable bonds is 4. The van der Waals surface area contributed by atoms with Gasteiger partial charge in [-0.3, -0.25) is 0 Å². The summed E-state index contributed by atoms with van der Waals surface area (Å²) in [6.07, 6.45) is 0. The molecule has 0 aromatic heterocycles. The molecule has 0 fully saturated rings. The first-order valence-corrected chi connectivity index (χ1v) is 7.86. The van der Waals surface area contributed by atoms with Gasteiger partial charge in [0.25, 0.3) is 0 Å². The molecule has 0 saturated heterocycles. The maximum atomic E-state index is 5.87. The van der Waals surface area contributed by atoms with E-state index in [0.29, 0.717) is 6.54 Å². The summed E-state index contributed by atoms with van der Waals surface area (Å²) in [5.41, 5.74) is 7.89. The Morgan fingerprint density at radius 2 is 1.59 bits per heavy atom. The second kappa shape index (κ2) is 6.97. The predicted octanol–water partition coefficient (Wildman–Crippen LogP) is 5.15. The van der Waals surface area contributed by atoms with Crippen molar-refractivity contribution in [2.75, 3.05) is 0 Å². The monoisotopic (exact) mass is 314 g/mol. The lowest BCUT2D eigenvalue weighted by Gasteiger charge is -2.19. The minimum atomic E-state index is 0.177. The molecule has 0 spiro atoms. The first-order chi connectivity index (χ1) is 10.4. The molecule has 3 heteroatoms. The highest BCUT2D eigenvalue weighted by atomic mass is 35.5. The molecule has 116 valence electrons. The molecular weight excluding hydrogens is 292 g/mol. The highest BCUT2D eigenvalue weighted by Gasteiger charge is 2.13. The lowest BCUT2D eigenvalue weighted by Crippen LogP contribution is -2.12. The van der Waals surface area contributed by atoms with Crippen molar-refractivity contribution in [3.05, 3.63) is 70.2 Å². The lowest BCUT2D eigenvalue weighted by molar-refractivity contribution is 0.590. The summed E-state index contributed by atoms with van der Waals surface area (Å²) >= 11 is 5.87. The van der Waals surface area contributed by atoms with Crippen molar-refractivity contribution < 1.29 is 0 Å². The van der Waals surface area contributed by atoms with Crippen molar-refractivity contribution in [1.29, 1.82) is 0 Å². The van der Waals surface area contributed by atoms with Crippen LogP contribution in [0.1, 0.15) is 44.4 Å². The van der Waals surface area contributed by atoms with Crippen LogP contribution in [-0.2, 0) is 12.0 Å². The summed E-state index contributed by atoms with van der Waals surface area (Å²) < 4.78 is 0. The lowest BCUT2D eigenvalue weighted by atomic mass is 9.86. The van der Waals surface area contributed by atoms with Gasteiger partial charge in [0.05, 0.1) is 12.3 Å². The van der Waals surface area contributed by atoms with Crippen LogP contribution in [0.15, 0.2) is 53.6 Å². The Hall–Kier alpha value is -1.80. The SMILES string of the molecule is C/C(=N/NCc1ccc(Cl)cc1)c1ccc(C(C)(C)C)cc1. The maximum absolute atomic E-state index is 5.87. The Morgan fingerprint density at radius 1 is 1.00 bits per heavy atom. The van der Waals surface area contributed by atoms with Crippen LogP contribution in [0.25, 0.3) is 0 Å². The first-order valence-electron chi connectivity index (χ1n) is 7.49. The van der Waals surface area contributed by atoms with Crippen LogP contribution in [0.3, 0.4) is 0 Å². The third-order valence-electron chi connectivity index (χ3n) is 3.61. The minimum Gasteiger partial charge on any atom is -0.305 e. The third-order valence-corrected chi connectivity index (χ3v) is 3.86. The molecule has 0 aliphatic rings. The molecule has 0 aliphatic carbocycles. The smallest absolute Gasteiger partial charge is 0.0644 e. The van der Waals surface area contributed by atoms with Gasteiger partial charge < -0.3 is 5.43 Å². The molecular formula is C19H23ClN2. The van der Waals surface area contributed by atoms with Gasteiger partial charge in [-0.2, -0.15) is 5.10 Å². The van der Waals surface area contributed by atoms with Gasteiger partial charge in [0.2, 0.25) is 0 Å². The first kappa shape index (κ1) is 16.6. The Balaban J connectivity index is 1.98. The van der Waals surface area contributed by atoms with Gasteiger partial charge in [0.1, 0.15) is 0 Å². The summed E-state index contributed by atoms with van der Waals surface area (Å²) in [5.74, 6) is 0. The number of nitrogens with zero attached hydrogens (tertiary/aromatic N) is 1. The quantitative estimate of drug-likeness (QED) is 0.612. The normalized spacial score (nSPS) is 12.3. The molecule has 0 saturated carbocycles. The fourth-order valence-electron chi connectivity index (χ4n) is 2.13.